The Bertz CT molecular complexity index is 1360. The molecule has 8 heteroatoms. The minimum absolute atomic E-state index is 0.0431. The monoisotopic (exact) mass is 631 g/mol. The maximum absolute atomic E-state index is 14.1. The second kappa shape index (κ2) is 16.9. The van der Waals surface area contributed by atoms with Gasteiger partial charge in [-0.25, -0.2) is 0 Å². The maximum Gasteiger partial charge on any atom is 0.245 e. The highest BCUT2D eigenvalue weighted by Crippen LogP contribution is 2.20. The van der Waals surface area contributed by atoms with E-state index in [-0.39, 0.29) is 23.9 Å². The molecular weight excluding hydrogens is 582 g/mol. The number of allylic oxidation sites excluding steroid dienone is 3. The third-order valence-corrected chi connectivity index (χ3v) is 9.24. The van der Waals surface area contributed by atoms with Crippen LogP contribution in [0.1, 0.15) is 44.4 Å². The van der Waals surface area contributed by atoms with E-state index in [1.54, 1.807) is 0 Å². The van der Waals surface area contributed by atoms with Crippen molar-refractivity contribution < 1.29 is 9.59 Å². The van der Waals surface area contributed by atoms with Crippen LogP contribution in [0.25, 0.3) is 0 Å². The minimum Gasteiger partial charge on any atom is -0.343 e. The second-order valence-corrected chi connectivity index (χ2v) is 12.7. The van der Waals surface area contributed by atoms with Crippen LogP contribution < -0.4 is 10.6 Å². The summed E-state index contributed by atoms with van der Waals surface area (Å²) in [6.07, 6.45) is 7.31. The fourth-order valence-corrected chi connectivity index (χ4v) is 6.30. The van der Waals surface area contributed by atoms with Crippen molar-refractivity contribution in [2.24, 2.45) is 0 Å². The summed E-state index contributed by atoms with van der Waals surface area (Å²) in [5.41, 5.74) is 5.77. The molecule has 3 unspecified atom stereocenters. The molecule has 2 heterocycles. The molecule has 2 aromatic rings. The van der Waals surface area contributed by atoms with Gasteiger partial charge in [-0.1, -0.05) is 92.2 Å². The normalized spacial score (nSPS) is 18.6. The number of benzene rings is 2. The van der Waals surface area contributed by atoms with Crippen LogP contribution in [-0.2, 0) is 29.0 Å². The summed E-state index contributed by atoms with van der Waals surface area (Å²) < 4.78 is 0. The molecule has 3 atom stereocenters. The molecule has 2 N–H and O–H groups in total. The lowest BCUT2D eigenvalue weighted by Crippen LogP contribution is -2.60. The van der Waals surface area contributed by atoms with E-state index in [1.165, 1.54) is 22.3 Å². The summed E-state index contributed by atoms with van der Waals surface area (Å²) in [5, 5.41) is 7.14. The van der Waals surface area contributed by atoms with Crippen molar-refractivity contribution in [3.63, 3.8) is 0 Å². The van der Waals surface area contributed by atoms with Crippen molar-refractivity contribution in [3.05, 3.63) is 106 Å². The summed E-state index contributed by atoms with van der Waals surface area (Å²) in [6.45, 7) is 18.9. The van der Waals surface area contributed by atoms with Crippen molar-refractivity contribution in [1.82, 2.24) is 25.3 Å². The van der Waals surface area contributed by atoms with E-state index in [0.29, 0.717) is 37.5 Å². The molecule has 2 amide bonds. The van der Waals surface area contributed by atoms with E-state index in [0.717, 1.165) is 38.3 Å². The lowest BCUT2D eigenvalue weighted by molar-refractivity contribution is -0.138. The number of hydrogen-bond donors (Lipinski definition) is 2. The predicted octanol–water partition coefficient (Wildman–Crippen LogP) is 5.02. The standard InChI is InChI=1S/C37H50ClN5O2/c1-6-29(16-13-27(4)5)35(26-41(7-2)8-3)42-19-21-43(22-20-42)37(45)34(23-28-14-17-32(38)18-15-28)40-36(44)33-24-30-11-9-10-12-31(30)25-39-33/h6,9-18,33-35,39H,1,7-8,19-26H2,2-5H3,(H,40,44)/b29-16+. The van der Waals surface area contributed by atoms with Gasteiger partial charge in [-0.2, -0.15) is 0 Å². The van der Waals surface area contributed by atoms with Gasteiger partial charge in [0.1, 0.15) is 6.04 Å². The lowest BCUT2D eigenvalue weighted by atomic mass is 9.95. The van der Waals surface area contributed by atoms with Gasteiger partial charge < -0.3 is 20.4 Å². The van der Waals surface area contributed by atoms with Crippen molar-refractivity contribution in [3.8, 4) is 0 Å². The summed E-state index contributed by atoms with van der Waals surface area (Å²) >= 11 is 6.14. The average Bonchev–Trinajstić information content (AvgIpc) is 3.06. The number of amides is 2. The van der Waals surface area contributed by atoms with Gasteiger partial charge in [0.25, 0.3) is 0 Å². The maximum atomic E-state index is 14.1. The minimum atomic E-state index is -0.669. The molecule has 1 saturated heterocycles. The van der Waals surface area contributed by atoms with E-state index < -0.39 is 6.04 Å². The first-order valence-electron chi connectivity index (χ1n) is 16.3. The molecule has 4 rings (SSSR count). The van der Waals surface area contributed by atoms with Crippen molar-refractivity contribution in [1.29, 1.82) is 0 Å². The van der Waals surface area contributed by atoms with Crippen LogP contribution in [0.5, 0.6) is 0 Å². The SMILES string of the molecule is C=C/C(=C\C=C(C)C)C(CN(CC)CC)N1CCN(C(=O)C(Cc2ccc(Cl)cc2)NC(=O)C2Cc3ccccc3CN2)CC1. The molecular formula is C37H50ClN5O2. The van der Waals surface area contributed by atoms with Gasteiger partial charge in [0, 0.05) is 56.8 Å². The molecule has 0 saturated carbocycles. The highest BCUT2D eigenvalue weighted by molar-refractivity contribution is 6.30. The average molecular weight is 632 g/mol. The first kappa shape index (κ1) is 34.6. The number of fused-ring (bicyclic) bond motifs is 1. The summed E-state index contributed by atoms with van der Waals surface area (Å²) in [6, 6.07) is 14.8. The molecule has 0 spiro atoms. The highest BCUT2D eigenvalue weighted by atomic mass is 35.5. The molecule has 0 aromatic heterocycles. The third-order valence-electron chi connectivity index (χ3n) is 8.99. The van der Waals surface area contributed by atoms with E-state index >= 15 is 0 Å². The van der Waals surface area contributed by atoms with Gasteiger partial charge in [-0.3, -0.25) is 14.5 Å². The molecule has 0 bridgehead atoms. The van der Waals surface area contributed by atoms with Crippen LogP contribution in [0.4, 0.5) is 0 Å². The Morgan fingerprint density at radius 3 is 2.31 bits per heavy atom. The van der Waals surface area contributed by atoms with Crippen LogP contribution >= 0.6 is 11.6 Å². The van der Waals surface area contributed by atoms with Crippen LogP contribution in [0.15, 0.2) is 84.5 Å². The Kier molecular flexibility index (Phi) is 13.0. The number of nitrogens with zero attached hydrogens (tertiary/aromatic N) is 3. The van der Waals surface area contributed by atoms with Crippen LogP contribution in [0, 0.1) is 0 Å². The zero-order valence-electron chi connectivity index (χ0n) is 27.4. The fourth-order valence-electron chi connectivity index (χ4n) is 6.18. The Balaban J connectivity index is 1.48. The van der Waals surface area contributed by atoms with Gasteiger partial charge in [-0.05, 0) is 67.8 Å². The Hall–Kier alpha value is -3.23. The molecule has 7 nitrogen and oxygen atoms in total. The number of piperazine rings is 1. The molecule has 2 aliphatic rings. The zero-order valence-corrected chi connectivity index (χ0v) is 28.2. The van der Waals surface area contributed by atoms with Gasteiger partial charge in [0.2, 0.25) is 11.8 Å². The van der Waals surface area contributed by atoms with Gasteiger partial charge in [0.15, 0.2) is 0 Å². The molecule has 1 fully saturated rings. The van der Waals surface area contributed by atoms with Crippen molar-refractivity contribution in [2.75, 3.05) is 45.8 Å². The fraction of sp³-hybridized carbons (Fsp3) is 0.459. The zero-order chi connectivity index (χ0) is 32.3. The number of nitrogens with one attached hydrogen (secondary N) is 2. The van der Waals surface area contributed by atoms with Crippen molar-refractivity contribution >= 4 is 23.4 Å². The number of carbonyl (C=O) groups excluding carboxylic acids is 2. The highest BCUT2D eigenvalue weighted by Gasteiger charge is 2.34. The van der Waals surface area contributed by atoms with Crippen LogP contribution in [0.2, 0.25) is 5.02 Å². The van der Waals surface area contributed by atoms with Crippen LogP contribution in [0.3, 0.4) is 0 Å². The van der Waals surface area contributed by atoms with E-state index in [9.17, 15) is 9.59 Å². The number of likely N-dealkylation sites (N-methyl/N-ethyl adjacent to an activating group) is 1. The molecule has 2 aromatic carbocycles. The topological polar surface area (TPSA) is 67.9 Å². The Labute approximate surface area is 275 Å². The summed E-state index contributed by atoms with van der Waals surface area (Å²) in [7, 11) is 0. The van der Waals surface area contributed by atoms with Crippen LogP contribution in [-0.4, -0.2) is 90.5 Å². The summed E-state index contributed by atoms with van der Waals surface area (Å²) in [5.74, 6) is -0.187. The van der Waals surface area contributed by atoms with E-state index in [2.05, 4.69) is 79.0 Å². The summed E-state index contributed by atoms with van der Waals surface area (Å²) in [4.78, 5) is 34.5. The largest absolute Gasteiger partial charge is 0.343 e. The first-order chi connectivity index (χ1) is 21.7. The molecule has 45 heavy (non-hydrogen) atoms. The first-order valence-corrected chi connectivity index (χ1v) is 16.7. The number of carbonyl (C=O) groups is 2. The third kappa shape index (κ3) is 9.63. The number of rotatable bonds is 13. The number of hydrogen-bond acceptors (Lipinski definition) is 5. The van der Waals surface area contributed by atoms with Gasteiger partial charge in [-0.15, -0.1) is 0 Å². The molecule has 2 aliphatic heterocycles. The molecule has 0 aliphatic carbocycles. The molecule has 242 valence electrons. The number of halogens is 1. The van der Waals surface area contributed by atoms with Crippen molar-refractivity contribution in [2.45, 2.75) is 65.2 Å². The molecule has 0 radical (unpaired) electrons. The van der Waals surface area contributed by atoms with E-state index in [4.69, 9.17) is 11.6 Å². The second-order valence-electron chi connectivity index (χ2n) is 12.3. The van der Waals surface area contributed by atoms with Gasteiger partial charge in [0.05, 0.1) is 6.04 Å². The smallest absolute Gasteiger partial charge is 0.245 e. The lowest BCUT2D eigenvalue weighted by Gasteiger charge is -2.42. The quantitative estimate of drug-likeness (QED) is 0.304. The Morgan fingerprint density at radius 2 is 1.69 bits per heavy atom. The predicted molar refractivity (Wildman–Crippen MR) is 185 cm³/mol. The van der Waals surface area contributed by atoms with Gasteiger partial charge >= 0.3 is 0 Å². The van der Waals surface area contributed by atoms with E-state index in [1.807, 2.05) is 47.4 Å². The Morgan fingerprint density at radius 1 is 1.02 bits per heavy atom.